The maximum absolute atomic E-state index is 14.3. The first-order valence-electron chi connectivity index (χ1n) is 18.9. The zero-order valence-corrected chi connectivity index (χ0v) is 33.8. The van der Waals surface area contributed by atoms with Crippen LogP contribution in [0.5, 0.6) is 11.5 Å². The lowest BCUT2D eigenvalue weighted by Gasteiger charge is -2.20. The topological polar surface area (TPSA) is 129 Å². The van der Waals surface area contributed by atoms with E-state index in [-0.39, 0.29) is 50.6 Å². The van der Waals surface area contributed by atoms with E-state index in [9.17, 15) is 18.7 Å². The minimum atomic E-state index is -3.24. The Bertz CT molecular complexity index is 2060. The van der Waals surface area contributed by atoms with Crippen molar-refractivity contribution in [3.8, 4) is 11.5 Å². The van der Waals surface area contributed by atoms with Gasteiger partial charge in [0.05, 0.1) is 50.1 Å². The van der Waals surface area contributed by atoms with Crippen LogP contribution < -0.4 is 41.3 Å². The maximum atomic E-state index is 14.3. The number of rotatable bonds is 21. The fourth-order valence-corrected chi connectivity index (χ4v) is 11.2. The SMILES string of the molecule is O=C(CP(=O)(c1ccccc1)c1ccccc1)Nc1ccccc1OCCOCCOCCOc1ccccc1NC(=O)CP(=O)(c1ccccc1)c1ccccc1. The highest BCUT2D eigenvalue weighted by atomic mass is 31.2. The number of hydrogen-bond donors (Lipinski definition) is 2. The number of ether oxygens (including phenoxy) is 4. The summed E-state index contributed by atoms with van der Waals surface area (Å²) < 4.78 is 51.9. The summed E-state index contributed by atoms with van der Waals surface area (Å²) >= 11 is 0. The second kappa shape index (κ2) is 21.1. The number of carbonyl (C=O) groups is 2. The summed E-state index contributed by atoms with van der Waals surface area (Å²) in [5.74, 6) is 0.179. The fourth-order valence-electron chi connectivity index (χ4n) is 6.26. The van der Waals surface area contributed by atoms with Crippen LogP contribution in [-0.2, 0) is 28.2 Å². The predicted octanol–water partition coefficient (Wildman–Crippen LogP) is 7.08. The smallest absolute Gasteiger partial charge is 0.232 e. The molecule has 6 aromatic rings. The van der Waals surface area contributed by atoms with Gasteiger partial charge < -0.3 is 38.7 Å². The Kier molecular flexibility index (Phi) is 15.2. The highest BCUT2D eigenvalue weighted by molar-refractivity contribution is 7.79. The molecule has 0 aliphatic rings. The molecule has 0 spiro atoms. The van der Waals surface area contributed by atoms with Crippen LogP contribution in [0.2, 0.25) is 0 Å². The van der Waals surface area contributed by atoms with Gasteiger partial charge in [0.1, 0.15) is 24.7 Å². The molecule has 0 saturated heterocycles. The first kappa shape index (κ1) is 41.9. The van der Waals surface area contributed by atoms with Crippen LogP contribution in [0.1, 0.15) is 0 Å². The summed E-state index contributed by atoms with van der Waals surface area (Å²) in [6.07, 6.45) is -0.387. The molecule has 0 aliphatic heterocycles. The average molecular weight is 817 g/mol. The first-order chi connectivity index (χ1) is 28.3. The molecule has 2 amide bonds. The Hall–Kier alpha value is -5.76. The number of benzene rings is 6. The maximum Gasteiger partial charge on any atom is 0.232 e. The van der Waals surface area contributed by atoms with Crippen molar-refractivity contribution in [1.29, 1.82) is 0 Å². The van der Waals surface area contributed by atoms with Crippen LogP contribution >= 0.6 is 14.3 Å². The molecule has 0 bridgehead atoms. The molecule has 0 heterocycles. The normalized spacial score (nSPS) is 11.4. The largest absolute Gasteiger partial charge is 0.489 e. The van der Waals surface area contributed by atoms with Crippen LogP contribution in [0.3, 0.4) is 0 Å². The molecule has 0 fully saturated rings. The quantitative estimate of drug-likeness (QED) is 0.0583. The molecule has 0 unspecified atom stereocenters. The predicted molar refractivity (Wildman–Crippen MR) is 232 cm³/mol. The minimum Gasteiger partial charge on any atom is -0.489 e. The molecule has 6 rings (SSSR count). The number of amides is 2. The highest BCUT2D eigenvalue weighted by Crippen LogP contribution is 2.44. The summed E-state index contributed by atoms with van der Waals surface area (Å²) in [4.78, 5) is 26.6. The van der Waals surface area contributed by atoms with Crippen LogP contribution in [0.15, 0.2) is 170 Å². The highest BCUT2D eigenvalue weighted by Gasteiger charge is 2.31. The van der Waals surface area contributed by atoms with Gasteiger partial charge >= 0.3 is 0 Å². The molecule has 6 aromatic carbocycles. The molecule has 58 heavy (non-hydrogen) atoms. The zero-order chi connectivity index (χ0) is 40.5. The lowest BCUT2D eigenvalue weighted by atomic mass is 10.3. The molecule has 0 aliphatic carbocycles. The standard InChI is InChI=1S/C46H46N2O8P2/c49-45(35-57(51,37-17-5-1-6-18-37)38-19-7-2-8-20-38)47-41-25-13-15-27-43(41)55-33-31-53-29-30-54-32-34-56-44-28-16-14-26-42(44)48-46(50)36-58(52,39-21-9-3-10-22-39)40-23-11-4-12-24-40/h1-28H,29-36H2,(H,47,49)(H,48,50). The number of anilines is 2. The third-order valence-electron chi connectivity index (χ3n) is 9.09. The van der Waals surface area contributed by atoms with Crippen molar-refractivity contribution in [2.24, 2.45) is 0 Å². The van der Waals surface area contributed by atoms with E-state index < -0.39 is 14.3 Å². The number of carbonyl (C=O) groups excluding carboxylic acids is 2. The summed E-state index contributed by atoms with van der Waals surface area (Å²) in [7, 11) is -6.48. The van der Waals surface area contributed by atoms with Crippen molar-refractivity contribution in [3.05, 3.63) is 170 Å². The molecule has 2 N–H and O–H groups in total. The Balaban J connectivity index is 0.905. The zero-order valence-electron chi connectivity index (χ0n) is 32.0. The number of hydrogen-bond acceptors (Lipinski definition) is 8. The van der Waals surface area contributed by atoms with Crippen molar-refractivity contribution < 1.29 is 37.7 Å². The van der Waals surface area contributed by atoms with Gasteiger partial charge in [0.2, 0.25) is 11.8 Å². The van der Waals surface area contributed by atoms with Gasteiger partial charge in [0.25, 0.3) is 0 Å². The monoisotopic (exact) mass is 816 g/mol. The Morgan fingerprint density at radius 3 is 0.983 bits per heavy atom. The molecule has 12 heteroatoms. The van der Waals surface area contributed by atoms with Gasteiger partial charge in [-0.2, -0.15) is 0 Å². The molecule has 0 radical (unpaired) electrons. The van der Waals surface area contributed by atoms with Crippen LogP contribution in [0, 0.1) is 0 Å². The Morgan fingerprint density at radius 1 is 0.379 bits per heavy atom. The molecule has 298 valence electrons. The molecule has 0 saturated carbocycles. The van der Waals surface area contributed by atoms with Gasteiger partial charge in [-0.3, -0.25) is 9.59 Å². The van der Waals surface area contributed by atoms with Crippen molar-refractivity contribution in [3.63, 3.8) is 0 Å². The number of para-hydroxylation sites is 4. The lowest BCUT2D eigenvalue weighted by Crippen LogP contribution is -2.26. The molecular formula is C46H46N2O8P2. The third kappa shape index (κ3) is 11.4. The molecular weight excluding hydrogens is 770 g/mol. The van der Waals surface area contributed by atoms with Gasteiger partial charge in [0.15, 0.2) is 14.3 Å². The van der Waals surface area contributed by atoms with Crippen LogP contribution in [0.4, 0.5) is 11.4 Å². The van der Waals surface area contributed by atoms with Crippen LogP contribution in [-0.4, -0.2) is 63.8 Å². The number of nitrogens with one attached hydrogen (secondary N) is 2. The van der Waals surface area contributed by atoms with Gasteiger partial charge in [-0.25, -0.2) is 0 Å². The minimum absolute atomic E-state index is 0.193. The van der Waals surface area contributed by atoms with E-state index in [1.807, 2.05) is 84.9 Å². The van der Waals surface area contributed by atoms with Crippen LogP contribution in [0.25, 0.3) is 0 Å². The van der Waals surface area contributed by atoms with E-state index in [4.69, 9.17) is 18.9 Å². The Morgan fingerprint density at radius 2 is 0.655 bits per heavy atom. The second-order valence-corrected chi connectivity index (χ2v) is 18.8. The van der Waals surface area contributed by atoms with E-state index in [1.54, 1.807) is 84.9 Å². The second-order valence-electron chi connectivity index (χ2n) is 13.1. The fraction of sp³-hybridized carbons (Fsp3) is 0.174. The van der Waals surface area contributed by atoms with E-state index in [1.165, 1.54) is 0 Å². The molecule has 10 nitrogen and oxygen atoms in total. The lowest BCUT2D eigenvalue weighted by molar-refractivity contribution is -0.114. The van der Waals surface area contributed by atoms with E-state index in [2.05, 4.69) is 10.6 Å². The van der Waals surface area contributed by atoms with Crippen molar-refractivity contribution >= 4 is 58.7 Å². The third-order valence-corrected chi connectivity index (χ3v) is 15.1. The summed E-state index contributed by atoms with van der Waals surface area (Å²) in [6.45, 7) is 1.69. The molecule has 0 aromatic heterocycles. The summed E-state index contributed by atoms with van der Waals surface area (Å²) in [5, 5.41) is 8.26. The van der Waals surface area contributed by atoms with Crippen molar-refractivity contribution in [2.45, 2.75) is 0 Å². The molecule has 0 atom stereocenters. The van der Waals surface area contributed by atoms with E-state index >= 15 is 0 Å². The van der Waals surface area contributed by atoms with Gasteiger partial charge in [0, 0.05) is 21.2 Å². The van der Waals surface area contributed by atoms with Gasteiger partial charge in [-0.1, -0.05) is 146 Å². The van der Waals surface area contributed by atoms with Gasteiger partial charge in [-0.05, 0) is 24.3 Å². The van der Waals surface area contributed by atoms with Crippen molar-refractivity contribution in [1.82, 2.24) is 0 Å². The van der Waals surface area contributed by atoms with E-state index in [0.29, 0.717) is 57.3 Å². The van der Waals surface area contributed by atoms with Gasteiger partial charge in [-0.15, -0.1) is 0 Å². The van der Waals surface area contributed by atoms with E-state index in [0.717, 1.165) is 0 Å². The van der Waals surface area contributed by atoms with Crippen molar-refractivity contribution in [2.75, 3.05) is 62.6 Å². The average Bonchev–Trinajstić information content (AvgIpc) is 3.26. The first-order valence-corrected chi connectivity index (χ1v) is 22.7. The summed E-state index contributed by atoms with van der Waals surface area (Å²) in [6, 6.07) is 50.5. The summed E-state index contributed by atoms with van der Waals surface area (Å²) in [5.41, 5.74) is 0.952. The Labute approximate surface area is 339 Å².